The Morgan fingerprint density at radius 2 is 1.88 bits per heavy atom. The van der Waals surface area contributed by atoms with Gasteiger partial charge in [-0.25, -0.2) is 9.78 Å². The van der Waals surface area contributed by atoms with Gasteiger partial charge in [-0.3, -0.25) is 0 Å². The summed E-state index contributed by atoms with van der Waals surface area (Å²) in [7, 11) is 0. The van der Waals surface area contributed by atoms with Crippen molar-refractivity contribution in [2.24, 2.45) is 17.3 Å². The van der Waals surface area contributed by atoms with Crippen molar-refractivity contribution in [3.05, 3.63) is 65.2 Å². The van der Waals surface area contributed by atoms with Crippen molar-refractivity contribution in [2.45, 2.75) is 76.0 Å². The minimum absolute atomic E-state index is 0.0367. The molecule has 2 aromatic heterocycles. The molecule has 43 heavy (non-hydrogen) atoms. The number of carbonyl (C=O) groups is 1. The van der Waals surface area contributed by atoms with Crippen LogP contribution in [0.25, 0.3) is 17.3 Å². The first-order chi connectivity index (χ1) is 20.7. The summed E-state index contributed by atoms with van der Waals surface area (Å²) in [6.07, 6.45) is 10.0. The molecule has 0 unspecified atom stereocenters. The van der Waals surface area contributed by atoms with E-state index in [1.54, 1.807) is 12.1 Å². The fraction of sp³-hybridized carbons (Fsp3) is 0.485. The maximum Gasteiger partial charge on any atom is 0.417 e. The number of pyridine rings is 1. The monoisotopic (exact) mass is 594 g/mol. The number of ether oxygens (including phenoxy) is 2. The molecule has 1 spiro atoms. The first kappa shape index (κ1) is 28.0. The van der Waals surface area contributed by atoms with Crippen molar-refractivity contribution in [1.82, 2.24) is 10.1 Å². The minimum Gasteiger partial charge on any atom is -0.492 e. The number of allylic oxidation sites excluding steroid dienone is 1. The molecule has 0 saturated heterocycles. The average molecular weight is 595 g/mol. The van der Waals surface area contributed by atoms with Crippen molar-refractivity contribution in [1.29, 1.82) is 0 Å². The summed E-state index contributed by atoms with van der Waals surface area (Å²) >= 11 is 0. The molecule has 7 rings (SSSR count). The third kappa shape index (κ3) is 5.63. The lowest BCUT2D eigenvalue weighted by atomic mass is 9.48. The average Bonchev–Trinajstić information content (AvgIpc) is 3.67. The number of aromatic carboxylic acids is 1. The van der Waals surface area contributed by atoms with Crippen LogP contribution in [0.4, 0.5) is 13.2 Å². The molecule has 4 saturated carbocycles. The molecule has 0 atom stereocenters. The zero-order valence-electron chi connectivity index (χ0n) is 23.6. The Hall–Kier alpha value is -3.82. The van der Waals surface area contributed by atoms with Gasteiger partial charge in [0.1, 0.15) is 17.2 Å². The van der Waals surface area contributed by atoms with Gasteiger partial charge in [-0.05, 0) is 81.1 Å². The molecule has 0 bridgehead atoms. The summed E-state index contributed by atoms with van der Waals surface area (Å²) < 4.78 is 58.7. The lowest BCUT2D eigenvalue weighted by Crippen LogP contribution is -2.48. The number of halogens is 3. The van der Waals surface area contributed by atoms with E-state index in [9.17, 15) is 23.1 Å². The third-order valence-electron chi connectivity index (χ3n) is 9.42. The SMILES string of the molecule is O=C(O)c1ncc(OCC2CC3(CC(C=Cc4c(-c5ccccc5C(F)(F)F)noc4C4CC4)C3)C2)cc1OC1CCC1. The highest BCUT2D eigenvalue weighted by Gasteiger charge is 2.52. The van der Waals surface area contributed by atoms with Gasteiger partial charge in [0.05, 0.1) is 24.5 Å². The van der Waals surface area contributed by atoms with E-state index in [2.05, 4.69) is 16.2 Å². The van der Waals surface area contributed by atoms with Crippen LogP contribution in [0.3, 0.4) is 0 Å². The number of alkyl halides is 3. The van der Waals surface area contributed by atoms with Crippen molar-refractivity contribution in [2.75, 3.05) is 6.61 Å². The molecule has 4 aliphatic rings. The summed E-state index contributed by atoms with van der Waals surface area (Å²) in [6.45, 7) is 0.534. The smallest absolute Gasteiger partial charge is 0.417 e. The Morgan fingerprint density at radius 3 is 2.56 bits per heavy atom. The molecular weight excluding hydrogens is 561 g/mol. The Morgan fingerprint density at radius 1 is 1.12 bits per heavy atom. The lowest BCUT2D eigenvalue weighted by Gasteiger charge is -2.57. The van der Waals surface area contributed by atoms with Crippen molar-refractivity contribution in [3.63, 3.8) is 0 Å². The maximum atomic E-state index is 13.7. The lowest BCUT2D eigenvalue weighted by molar-refractivity contribution is -0.137. The van der Waals surface area contributed by atoms with Crippen LogP contribution in [0.1, 0.15) is 91.1 Å². The molecule has 0 amide bonds. The topological polar surface area (TPSA) is 94.7 Å². The van der Waals surface area contributed by atoms with Crippen LogP contribution < -0.4 is 9.47 Å². The van der Waals surface area contributed by atoms with E-state index in [1.165, 1.54) is 18.3 Å². The number of hydrogen-bond donors (Lipinski definition) is 1. The van der Waals surface area contributed by atoms with Crippen LogP contribution in [0.2, 0.25) is 0 Å². The number of carboxylic acid groups (broad SMARTS) is 1. The van der Waals surface area contributed by atoms with E-state index in [1.807, 2.05) is 6.08 Å². The minimum atomic E-state index is -4.48. The van der Waals surface area contributed by atoms with Crippen molar-refractivity contribution < 1.29 is 37.1 Å². The van der Waals surface area contributed by atoms with Gasteiger partial charge in [-0.1, -0.05) is 35.5 Å². The van der Waals surface area contributed by atoms with Gasteiger partial charge in [0.15, 0.2) is 11.4 Å². The van der Waals surface area contributed by atoms with Crippen molar-refractivity contribution in [3.8, 4) is 22.8 Å². The van der Waals surface area contributed by atoms with Gasteiger partial charge >= 0.3 is 12.1 Å². The van der Waals surface area contributed by atoms with Crippen molar-refractivity contribution >= 4 is 12.0 Å². The van der Waals surface area contributed by atoms with Crippen LogP contribution in [-0.4, -0.2) is 33.9 Å². The highest BCUT2D eigenvalue weighted by atomic mass is 19.4. The van der Waals surface area contributed by atoms with E-state index in [-0.39, 0.29) is 40.1 Å². The predicted molar refractivity (Wildman–Crippen MR) is 151 cm³/mol. The molecule has 0 aliphatic heterocycles. The molecule has 10 heteroatoms. The van der Waals surface area contributed by atoms with Gasteiger partial charge < -0.3 is 19.1 Å². The van der Waals surface area contributed by atoms with Gasteiger partial charge in [0, 0.05) is 23.1 Å². The van der Waals surface area contributed by atoms with Gasteiger partial charge in [0.25, 0.3) is 0 Å². The van der Waals surface area contributed by atoms with Crippen LogP contribution in [-0.2, 0) is 6.18 Å². The van der Waals surface area contributed by atoms with E-state index >= 15 is 0 Å². The largest absolute Gasteiger partial charge is 0.492 e. The van der Waals surface area contributed by atoms with Crippen LogP contribution in [0, 0.1) is 17.3 Å². The number of benzene rings is 1. The normalized spacial score (nSPS) is 25.3. The summed E-state index contributed by atoms with van der Waals surface area (Å²) in [5, 5.41) is 13.6. The molecule has 0 radical (unpaired) electrons. The maximum absolute atomic E-state index is 13.7. The number of rotatable bonds is 10. The molecule has 226 valence electrons. The molecule has 3 aromatic rings. The summed E-state index contributed by atoms with van der Waals surface area (Å²) in [4.78, 5) is 15.6. The Kier molecular flexibility index (Phi) is 6.97. The third-order valence-corrected chi connectivity index (χ3v) is 9.42. The summed E-state index contributed by atoms with van der Waals surface area (Å²) in [5.41, 5.74) is 0.457. The number of hydrogen-bond acceptors (Lipinski definition) is 6. The molecular formula is C33H33F3N2O5. The van der Waals surface area contributed by atoms with E-state index in [0.29, 0.717) is 35.5 Å². The molecule has 4 fully saturated rings. The Balaban J connectivity index is 0.959. The summed E-state index contributed by atoms with van der Waals surface area (Å²) in [6, 6.07) is 7.17. The van der Waals surface area contributed by atoms with E-state index < -0.39 is 17.7 Å². The van der Waals surface area contributed by atoms with Crippen LogP contribution in [0.15, 0.2) is 47.1 Å². The second kappa shape index (κ2) is 10.7. The second-order valence-corrected chi connectivity index (χ2v) is 12.7. The fourth-order valence-corrected chi connectivity index (χ4v) is 6.92. The zero-order valence-corrected chi connectivity index (χ0v) is 23.6. The van der Waals surface area contributed by atoms with E-state index in [0.717, 1.165) is 63.9 Å². The standard InChI is InChI=1S/C33H33F3N2O5/c34-33(35,36)26-7-2-1-6-24(26)28-25(30(43-38-28)21-9-10-21)11-8-19-13-32(14-19)15-20(16-32)18-41-23-12-27(42-22-4-3-5-22)29(31(39)40)37-17-23/h1-2,6-8,11-12,17,19-22H,3-5,9-10,13-16,18H2,(H,39,40). The highest BCUT2D eigenvalue weighted by molar-refractivity contribution is 5.88. The Bertz CT molecular complexity index is 1540. The number of aromatic nitrogens is 2. The molecule has 1 N–H and O–H groups in total. The molecule has 1 aromatic carbocycles. The Labute approximate surface area is 247 Å². The molecule has 2 heterocycles. The van der Waals surface area contributed by atoms with Crippen LogP contribution >= 0.6 is 0 Å². The van der Waals surface area contributed by atoms with E-state index in [4.69, 9.17) is 14.0 Å². The first-order valence-electron chi connectivity index (χ1n) is 15.0. The van der Waals surface area contributed by atoms with Gasteiger partial charge in [-0.15, -0.1) is 0 Å². The molecule has 4 aliphatic carbocycles. The van der Waals surface area contributed by atoms with Crippen LogP contribution in [0.5, 0.6) is 11.5 Å². The number of carboxylic acids is 1. The number of nitrogens with zero attached hydrogens (tertiary/aromatic N) is 2. The summed E-state index contributed by atoms with van der Waals surface area (Å²) in [5.74, 6) is 1.32. The quantitative estimate of drug-likeness (QED) is 0.253. The molecule has 7 nitrogen and oxygen atoms in total. The first-order valence-corrected chi connectivity index (χ1v) is 15.0. The zero-order chi connectivity index (χ0) is 29.8. The fourth-order valence-electron chi connectivity index (χ4n) is 6.92. The second-order valence-electron chi connectivity index (χ2n) is 12.7. The highest BCUT2D eigenvalue weighted by Crippen LogP contribution is 2.61. The van der Waals surface area contributed by atoms with Gasteiger partial charge in [-0.2, -0.15) is 13.2 Å². The predicted octanol–water partition coefficient (Wildman–Crippen LogP) is 8.16. The van der Waals surface area contributed by atoms with Gasteiger partial charge in [0.2, 0.25) is 0 Å².